The van der Waals surface area contributed by atoms with Gasteiger partial charge in [-0.05, 0) is 13.0 Å². The van der Waals surface area contributed by atoms with Crippen molar-refractivity contribution in [3.63, 3.8) is 0 Å². The van der Waals surface area contributed by atoms with Gasteiger partial charge in [-0.15, -0.1) is 0 Å². The van der Waals surface area contributed by atoms with Crippen LogP contribution in [0.3, 0.4) is 0 Å². The van der Waals surface area contributed by atoms with Gasteiger partial charge in [0.25, 0.3) is 0 Å². The van der Waals surface area contributed by atoms with E-state index < -0.39 is 0 Å². The predicted molar refractivity (Wildman–Crippen MR) is 70.4 cm³/mol. The first kappa shape index (κ1) is 15.3. The summed E-state index contributed by atoms with van der Waals surface area (Å²) in [6.45, 7) is 5.52. The van der Waals surface area contributed by atoms with Gasteiger partial charge in [0.2, 0.25) is 0 Å². The quantitative estimate of drug-likeness (QED) is 0.821. The lowest BCUT2D eigenvalue weighted by molar-refractivity contribution is 0.101. The topological polar surface area (TPSA) is 47.6 Å². The van der Waals surface area contributed by atoms with Crippen LogP contribution in [0.4, 0.5) is 5.69 Å². The van der Waals surface area contributed by atoms with Crippen LogP contribution in [0.2, 0.25) is 0 Å². The number of carbonyl (C=O) groups is 1. The van der Waals surface area contributed by atoms with E-state index in [0.717, 1.165) is 5.69 Å². The number of benzene rings is 1. The Morgan fingerprint density at radius 2 is 1.59 bits per heavy atom. The van der Waals surface area contributed by atoms with Crippen LogP contribution in [0, 0.1) is 0 Å². The SMILES string of the molecule is CC.CNc1cc(OC)c(OC)cc1C(C)=O. The zero-order valence-electron chi connectivity index (χ0n) is 11.4. The lowest BCUT2D eigenvalue weighted by Crippen LogP contribution is -2.02. The fraction of sp³-hybridized carbons (Fsp3) is 0.462. The van der Waals surface area contributed by atoms with Gasteiger partial charge in [0.15, 0.2) is 17.3 Å². The summed E-state index contributed by atoms with van der Waals surface area (Å²) in [7, 11) is 4.86. The van der Waals surface area contributed by atoms with Crippen LogP contribution in [0.1, 0.15) is 31.1 Å². The molecule has 0 saturated heterocycles. The summed E-state index contributed by atoms with van der Waals surface area (Å²) < 4.78 is 10.3. The highest BCUT2D eigenvalue weighted by atomic mass is 16.5. The third-order valence-electron chi connectivity index (χ3n) is 2.17. The minimum Gasteiger partial charge on any atom is -0.493 e. The van der Waals surface area contributed by atoms with Crippen molar-refractivity contribution >= 4 is 11.5 Å². The Morgan fingerprint density at radius 1 is 1.12 bits per heavy atom. The summed E-state index contributed by atoms with van der Waals surface area (Å²) in [5.41, 5.74) is 1.33. The second-order valence-electron chi connectivity index (χ2n) is 3.06. The highest BCUT2D eigenvalue weighted by molar-refractivity contribution is 6.00. The molecule has 0 radical (unpaired) electrons. The second-order valence-corrected chi connectivity index (χ2v) is 3.06. The highest BCUT2D eigenvalue weighted by Gasteiger charge is 2.12. The van der Waals surface area contributed by atoms with Gasteiger partial charge in [-0.2, -0.15) is 0 Å². The molecule has 1 N–H and O–H groups in total. The van der Waals surface area contributed by atoms with E-state index in [1.807, 2.05) is 13.8 Å². The van der Waals surface area contributed by atoms with Crippen LogP contribution in [-0.2, 0) is 0 Å². The minimum absolute atomic E-state index is 0.0136. The number of ketones is 1. The normalized spacial score (nSPS) is 8.82. The number of hydrogen-bond donors (Lipinski definition) is 1. The summed E-state index contributed by atoms with van der Waals surface area (Å²) in [6, 6.07) is 3.42. The molecule has 0 aliphatic carbocycles. The van der Waals surface area contributed by atoms with Crippen LogP contribution in [0.5, 0.6) is 11.5 Å². The van der Waals surface area contributed by atoms with Crippen molar-refractivity contribution in [3.05, 3.63) is 17.7 Å². The Morgan fingerprint density at radius 3 is 1.94 bits per heavy atom. The molecule has 0 saturated carbocycles. The highest BCUT2D eigenvalue weighted by Crippen LogP contribution is 2.33. The van der Waals surface area contributed by atoms with Crippen LogP contribution in [-0.4, -0.2) is 27.1 Å². The van der Waals surface area contributed by atoms with Gasteiger partial charge < -0.3 is 14.8 Å². The lowest BCUT2D eigenvalue weighted by Gasteiger charge is -2.12. The van der Waals surface area contributed by atoms with E-state index in [4.69, 9.17) is 9.47 Å². The van der Waals surface area contributed by atoms with Crippen molar-refractivity contribution in [1.82, 2.24) is 0 Å². The van der Waals surface area contributed by atoms with Crippen molar-refractivity contribution in [2.45, 2.75) is 20.8 Å². The monoisotopic (exact) mass is 239 g/mol. The third-order valence-corrected chi connectivity index (χ3v) is 2.17. The summed E-state index contributed by atoms with van der Waals surface area (Å²) in [5, 5.41) is 2.95. The van der Waals surface area contributed by atoms with Gasteiger partial charge in [0, 0.05) is 24.4 Å². The zero-order valence-corrected chi connectivity index (χ0v) is 11.4. The zero-order chi connectivity index (χ0) is 13.4. The fourth-order valence-electron chi connectivity index (χ4n) is 1.38. The first-order valence-corrected chi connectivity index (χ1v) is 5.58. The summed E-state index contributed by atoms with van der Waals surface area (Å²) in [4.78, 5) is 11.4. The number of carbonyl (C=O) groups excluding carboxylic acids is 1. The smallest absolute Gasteiger partial charge is 0.162 e. The Kier molecular flexibility index (Phi) is 6.79. The molecule has 17 heavy (non-hydrogen) atoms. The molecule has 0 fully saturated rings. The van der Waals surface area contributed by atoms with Gasteiger partial charge in [0.1, 0.15) is 0 Å². The average molecular weight is 239 g/mol. The van der Waals surface area contributed by atoms with E-state index in [9.17, 15) is 4.79 Å². The van der Waals surface area contributed by atoms with Gasteiger partial charge in [-0.25, -0.2) is 0 Å². The Balaban J connectivity index is 0.00000121. The number of nitrogens with one attached hydrogen (secondary N) is 1. The van der Waals surface area contributed by atoms with Crippen molar-refractivity contribution in [1.29, 1.82) is 0 Å². The van der Waals surface area contributed by atoms with Gasteiger partial charge >= 0.3 is 0 Å². The van der Waals surface area contributed by atoms with Gasteiger partial charge in [-0.3, -0.25) is 4.79 Å². The van der Waals surface area contributed by atoms with Crippen LogP contribution in [0.25, 0.3) is 0 Å². The molecule has 1 aromatic carbocycles. The molecule has 0 atom stereocenters. The van der Waals surface area contributed by atoms with E-state index in [1.165, 1.54) is 6.92 Å². The van der Waals surface area contributed by atoms with E-state index >= 15 is 0 Å². The van der Waals surface area contributed by atoms with Crippen molar-refractivity contribution in [3.8, 4) is 11.5 Å². The number of anilines is 1. The Hall–Kier alpha value is -1.71. The lowest BCUT2D eigenvalue weighted by atomic mass is 10.1. The Bertz CT molecular complexity index is 375. The van der Waals surface area contributed by atoms with Crippen LogP contribution < -0.4 is 14.8 Å². The third kappa shape index (κ3) is 3.66. The van der Waals surface area contributed by atoms with E-state index in [-0.39, 0.29) is 5.78 Å². The molecule has 1 aromatic rings. The molecular formula is C13H21NO3. The van der Waals surface area contributed by atoms with E-state index in [2.05, 4.69) is 5.32 Å². The average Bonchev–Trinajstić information content (AvgIpc) is 2.39. The number of methoxy groups -OCH3 is 2. The number of ether oxygens (including phenoxy) is 2. The van der Waals surface area contributed by atoms with Gasteiger partial charge in [-0.1, -0.05) is 13.8 Å². The van der Waals surface area contributed by atoms with Crippen molar-refractivity contribution in [2.24, 2.45) is 0 Å². The maximum atomic E-state index is 11.4. The molecule has 0 bridgehead atoms. The summed E-state index contributed by atoms with van der Waals surface area (Å²) in [5.74, 6) is 1.15. The largest absolute Gasteiger partial charge is 0.493 e. The molecule has 0 aliphatic heterocycles. The summed E-state index contributed by atoms with van der Waals surface area (Å²) in [6.07, 6.45) is 0. The maximum Gasteiger partial charge on any atom is 0.162 e. The van der Waals surface area contributed by atoms with Gasteiger partial charge in [0.05, 0.1) is 14.2 Å². The molecule has 4 nitrogen and oxygen atoms in total. The molecule has 0 unspecified atom stereocenters. The number of hydrogen-bond acceptors (Lipinski definition) is 4. The van der Waals surface area contributed by atoms with Crippen LogP contribution in [0.15, 0.2) is 12.1 Å². The molecule has 0 aliphatic rings. The molecular weight excluding hydrogens is 218 g/mol. The van der Waals surface area contributed by atoms with E-state index in [0.29, 0.717) is 17.1 Å². The van der Waals surface area contributed by atoms with E-state index in [1.54, 1.807) is 33.4 Å². The molecule has 1 rings (SSSR count). The first-order chi connectivity index (χ1) is 8.13. The molecule has 0 heterocycles. The minimum atomic E-state index is -0.0136. The number of rotatable bonds is 4. The molecule has 0 spiro atoms. The predicted octanol–water partition coefficient (Wildman–Crippen LogP) is 2.97. The summed E-state index contributed by atoms with van der Waals surface area (Å²) >= 11 is 0. The van der Waals surface area contributed by atoms with Crippen LogP contribution >= 0.6 is 0 Å². The standard InChI is InChI=1S/C11H15NO3.C2H6/c1-7(13)8-5-10(14-3)11(15-4)6-9(8)12-2;1-2/h5-6,12H,1-4H3;1-2H3. The molecule has 0 aromatic heterocycles. The van der Waals surface area contributed by atoms with Crippen molar-refractivity contribution < 1.29 is 14.3 Å². The molecule has 4 heteroatoms. The fourth-order valence-corrected chi connectivity index (χ4v) is 1.38. The Labute approximate surface area is 103 Å². The van der Waals surface area contributed by atoms with Crippen molar-refractivity contribution in [2.75, 3.05) is 26.6 Å². The first-order valence-electron chi connectivity index (χ1n) is 5.58. The second kappa shape index (κ2) is 7.54. The molecule has 96 valence electrons. The maximum absolute atomic E-state index is 11.4. The molecule has 0 amide bonds. The number of Topliss-reactive ketones (excluding diaryl/α,β-unsaturated/α-hetero) is 1.